The van der Waals surface area contributed by atoms with Gasteiger partial charge in [-0.2, -0.15) is 11.8 Å². The van der Waals surface area contributed by atoms with Gasteiger partial charge in [0.15, 0.2) is 11.5 Å². The van der Waals surface area contributed by atoms with Crippen LogP contribution in [0.3, 0.4) is 0 Å². The summed E-state index contributed by atoms with van der Waals surface area (Å²) in [6.45, 7) is 1.82. The smallest absolute Gasteiger partial charge is 0.251 e. The van der Waals surface area contributed by atoms with E-state index in [9.17, 15) is 4.79 Å². The molecule has 0 aromatic heterocycles. The van der Waals surface area contributed by atoms with E-state index in [1.165, 1.54) is 0 Å². The van der Waals surface area contributed by atoms with Crippen LogP contribution in [0.2, 0.25) is 0 Å². The zero-order valence-electron chi connectivity index (χ0n) is 11.6. The Bertz CT molecular complexity index is 498. The lowest BCUT2D eigenvalue weighted by Gasteiger charge is -2.20. The number of thioether (sulfide) groups is 1. The van der Waals surface area contributed by atoms with Gasteiger partial charge in [0.05, 0.1) is 4.47 Å². The highest BCUT2D eigenvalue weighted by Gasteiger charge is 2.18. The van der Waals surface area contributed by atoms with Crippen LogP contribution in [0.5, 0.6) is 11.5 Å². The van der Waals surface area contributed by atoms with Gasteiger partial charge < -0.3 is 19.9 Å². The predicted molar refractivity (Wildman–Crippen MR) is 86.5 cm³/mol. The van der Waals surface area contributed by atoms with Gasteiger partial charge in [-0.1, -0.05) is 0 Å². The predicted octanol–water partition coefficient (Wildman–Crippen LogP) is 2.07. The van der Waals surface area contributed by atoms with Gasteiger partial charge in [-0.05, 0) is 40.2 Å². The highest BCUT2D eigenvalue weighted by Crippen LogP contribution is 2.38. The van der Waals surface area contributed by atoms with Crippen LogP contribution in [-0.2, 0) is 0 Å². The fourth-order valence-corrected chi connectivity index (χ4v) is 3.19. The summed E-state index contributed by atoms with van der Waals surface area (Å²) >= 11 is 5.11. The molecule has 0 radical (unpaired) electrons. The summed E-state index contributed by atoms with van der Waals surface area (Å²) in [5.41, 5.74) is 0.548. The number of hydrogen-bond donors (Lipinski definition) is 2. The number of nitrogens with one attached hydrogen (secondary N) is 1. The highest BCUT2D eigenvalue weighted by atomic mass is 79.9. The van der Waals surface area contributed by atoms with Crippen molar-refractivity contribution < 1.29 is 19.4 Å². The number of aliphatic hydroxyl groups excluding tert-OH is 1. The Hall–Kier alpha value is -0.920. The average Bonchev–Trinajstić information content (AvgIpc) is 2.50. The van der Waals surface area contributed by atoms with Gasteiger partial charge in [0, 0.05) is 24.5 Å². The molecule has 0 spiro atoms. The van der Waals surface area contributed by atoms with Crippen molar-refractivity contribution in [1.29, 1.82) is 0 Å². The lowest BCUT2D eigenvalue weighted by molar-refractivity contribution is 0.0954. The third-order valence-electron chi connectivity index (χ3n) is 2.84. The Morgan fingerprint density at radius 3 is 2.95 bits per heavy atom. The zero-order valence-corrected chi connectivity index (χ0v) is 14.0. The number of rotatable bonds is 7. The first-order chi connectivity index (χ1) is 10.2. The van der Waals surface area contributed by atoms with Crippen molar-refractivity contribution >= 4 is 33.6 Å². The van der Waals surface area contributed by atoms with Crippen LogP contribution in [0.1, 0.15) is 16.8 Å². The fraction of sp³-hybridized carbons (Fsp3) is 0.500. The molecular formula is C14H18BrNO4S. The molecule has 1 aromatic rings. The van der Waals surface area contributed by atoms with E-state index in [1.54, 1.807) is 23.9 Å². The van der Waals surface area contributed by atoms with Crippen LogP contribution >= 0.6 is 27.7 Å². The molecule has 1 heterocycles. The first-order valence-corrected chi connectivity index (χ1v) is 8.73. The average molecular weight is 376 g/mol. The summed E-state index contributed by atoms with van der Waals surface area (Å²) in [6.07, 6.45) is 0.785. The van der Waals surface area contributed by atoms with E-state index in [0.29, 0.717) is 36.8 Å². The minimum absolute atomic E-state index is 0.129. The summed E-state index contributed by atoms with van der Waals surface area (Å²) in [5, 5.41) is 11.5. The van der Waals surface area contributed by atoms with E-state index in [1.807, 2.05) is 0 Å². The summed E-state index contributed by atoms with van der Waals surface area (Å²) in [6, 6.07) is 3.44. The molecule has 7 heteroatoms. The SMILES string of the molecule is O=C(NCCSCCCO)c1cc(Br)c2c(c1)OCCO2. The number of halogens is 1. The van der Waals surface area contributed by atoms with Crippen LogP contribution in [-0.4, -0.2) is 48.9 Å². The first-order valence-electron chi connectivity index (χ1n) is 6.78. The summed E-state index contributed by atoms with van der Waals surface area (Å²) in [4.78, 5) is 12.1. The van der Waals surface area contributed by atoms with Crippen LogP contribution in [0.15, 0.2) is 16.6 Å². The van der Waals surface area contributed by atoms with E-state index < -0.39 is 0 Å². The lowest BCUT2D eigenvalue weighted by atomic mass is 10.2. The molecular weight excluding hydrogens is 358 g/mol. The van der Waals surface area contributed by atoms with Crippen LogP contribution in [0.4, 0.5) is 0 Å². The van der Waals surface area contributed by atoms with Gasteiger partial charge in [0.1, 0.15) is 13.2 Å². The molecule has 2 rings (SSSR count). The van der Waals surface area contributed by atoms with E-state index in [-0.39, 0.29) is 12.5 Å². The topological polar surface area (TPSA) is 67.8 Å². The van der Waals surface area contributed by atoms with Gasteiger partial charge in [-0.3, -0.25) is 4.79 Å². The zero-order chi connectivity index (χ0) is 15.1. The molecule has 0 saturated heterocycles. The third kappa shape index (κ3) is 4.79. The monoisotopic (exact) mass is 375 g/mol. The van der Waals surface area contributed by atoms with Crippen molar-refractivity contribution in [3.05, 3.63) is 22.2 Å². The van der Waals surface area contributed by atoms with Crippen molar-refractivity contribution in [3.63, 3.8) is 0 Å². The largest absolute Gasteiger partial charge is 0.486 e. The maximum atomic E-state index is 12.1. The summed E-state index contributed by atoms with van der Waals surface area (Å²) < 4.78 is 11.7. The number of benzene rings is 1. The minimum atomic E-state index is -0.129. The molecule has 0 atom stereocenters. The van der Waals surface area contributed by atoms with Crippen molar-refractivity contribution in [1.82, 2.24) is 5.32 Å². The van der Waals surface area contributed by atoms with Crippen molar-refractivity contribution in [2.45, 2.75) is 6.42 Å². The number of amides is 1. The van der Waals surface area contributed by atoms with Crippen molar-refractivity contribution in [3.8, 4) is 11.5 Å². The molecule has 0 fully saturated rings. The Morgan fingerprint density at radius 2 is 2.14 bits per heavy atom. The van der Waals surface area contributed by atoms with Gasteiger partial charge in [-0.25, -0.2) is 0 Å². The van der Waals surface area contributed by atoms with Gasteiger partial charge >= 0.3 is 0 Å². The minimum Gasteiger partial charge on any atom is -0.486 e. The second-order valence-electron chi connectivity index (χ2n) is 4.43. The number of carbonyl (C=O) groups is 1. The van der Waals surface area contributed by atoms with Crippen LogP contribution < -0.4 is 14.8 Å². The van der Waals surface area contributed by atoms with E-state index in [4.69, 9.17) is 14.6 Å². The maximum Gasteiger partial charge on any atom is 0.251 e. The Labute approximate surface area is 136 Å². The molecule has 0 aliphatic carbocycles. The number of aliphatic hydroxyl groups is 1. The number of hydrogen-bond acceptors (Lipinski definition) is 5. The Kier molecular flexibility index (Phi) is 6.66. The molecule has 1 aliphatic heterocycles. The standard InChI is InChI=1S/C14H18BrNO4S/c15-11-8-10(9-12-13(11)20-5-4-19-12)14(18)16-2-7-21-6-1-3-17/h8-9,17H,1-7H2,(H,16,18). The molecule has 2 N–H and O–H groups in total. The molecule has 1 aromatic carbocycles. The first kappa shape index (κ1) is 16.5. The maximum absolute atomic E-state index is 12.1. The normalized spacial score (nSPS) is 13.0. The number of carbonyl (C=O) groups excluding carboxylic acids is 1. The summed E-state index contributed by atoms with van der Waals surface area (Å²) in [5.74, 6) is 2.85. The second-order valence-corrected chi connectivity index (χ2v) is 6.51. The molecule has 116 valence electrons. The highest BCUT2D eigenvalue weighted by molar-refractivity contribution is 9.10. The molecule has 5 nitrogen and oxygen atoms in total. The van der Waals surface area contributed by atoms with E-state index in [0.717, 1.165) is 22.4 Å². The molecule has 21 heavy (non-hydrogen) atoms. The number of fused-ring (bicyclic) bond motifs is 1. The van der Waals surface area contributed by atoms with E-state index >= 15 is 0 Å². The quantitative estimate of drug-likeness (QED) is 0.714. The molecule has 0 unspecified atom stereocenters. The third-order valence-corrected chi connectivity index (χ3v) is 4.50. The fourth-order valence-electron chi connectivity index (χ4n) is 1.85. The Balaban J connectivity index is 1.86. The van der Waals surface area contributed by atoms with Gasteiger partial charge in [0.25, 0.3) is 5.91 Å². The van der Waals surface area contributed by atoms with Crippen LogP contribution in [0.25, 0.3) is 0 Å². The molecule has 1 aliphatic rings. The summed E-state index contributed by atoms with van der Waals surface area (Å²) in [7, 11) is 0. The number of ether oxygens (including phenoxy) is 2. The van der Waals surface area contributed by atoms with E-state index in [2.05, 4.69) is 21.2 Å². The lowest BCUT2D eigenvalue weighted by Crippen LogP contribution is -2.26. The Morgan fingerprint density at radius 1 is 1.33 bits per heavy atom. The molecule has 1 amide bonds. The van der Waals surface area contributed by atoms with Crippen LogP contribution in [0, 0.1) is 0 Å². The molecule has 0 bridgehead atoms. The second kappa shape index (κ2) is 8.51. The van der Waals surface area contributed by atoms with Gasteiger partial charge in [0.2, 0.25) is 0 Å². The van der Waals surface area contributed by atoms with Gasteiger partial charge in [-0.15, -0.1) is 0 Å². The van der Waals surface area contributed by atoms with Crippen molar-refractivity contribution in [2.24, 2.45) is 0 Å². The molecule has 0 saturated carbocycles. The van der Waals surface area contributed by atoms with Crippen molar-refractivity contribution in [2.75, 3.05) is 37.9 Å².